The van der Waals surface area contributed by atoms with Crippen LogP contribution in [-0.4, -0.2) is 30.5 Å². The van der Waals surface area contributed by atoms with Crippen LogP contribution in [0.25, 0.3) is 0 Å². The van der Waals surface area contributed by atoms with Crippen molar-refractivity contribution in [1.82, 2.24) is 5.32 Å². The van der Waals surface area contributed by atoms with Crippen LogP contribution >= 0.6 is 15.9 Å². The third-order valence-corrected chi connectivity index (χ3v) is 2.77. The van der Waals surface area contributed by atoms with Gasteiger partial charge in [-0.05, 0) is 19.8 Å². The lowest BCUT2D eigenvalue weighted by atomic mass is 10.2. The molecular weight excluding hydrogens is 234 g/mol. The van der Waals surface area contributed by atoms with Crippen LogP contribution < -0.4 is 5.32 Å². The molecule has 0 aliphatic carbocycles. The summed E-state index contributed by atoms with van der Waals surface area (Å²) in [6.45, 7) is 5.47. The molecule has 3 nitrogen and oxygen atoms in total. The lowest BCUT2D eigenvalue weighted by Gasteiger charge is -2.07. The van der Waals surface area contributed by atoms with Gasteiger partial charge in [0.25, 0.3) is 0 Å². The highest BCUT2D eigenvalue weighted by Gasteiger charge is 2.02. The van der Waals surface area contributed by atoms with Crippen molar-refractivity contribution in [3.63, 3.8) is 0 Å². The minimum Gasteiger partial charge on any atom is -0.372 e. The second kappa shape index (κ2) is 8.51. The SMILES string of the molecule is CCOCC(=O)NCCC(Br)CC. The van der Waals surface area contributed by atoms with Gasteiger partial charge in [0.2, 0.25) is 5.91 Å². The zero-order chi connectivity index (χ0) is 10.1. The summed E-state index contributed by atoms with van der Waals surface area (Å²) < 4.78 is 4.96. The minimum absolute atomic E-state index is 0.0300. The first-order valence-electron chi connectivity index (χ1n) is 4.69. The first-order valence-corrected chi connectivity index (χ1v) is 5.60. The Hall–Kier alpha value is -0.0900. The predicted octanol–water partition coefficient (Wildman–Crippen LogP) is 1.70. The predicted molar refractivity (Wildman–Crippen MR) is 57.1 cm³/mol. The maximum atomic E-state index is 11.0. The van der Waals surface area contributed by atoms with E-state index in [1.807, 2.05) is 6.92 Å². The Bertz CT molecular complexity index is 142. The number of amides is 1. The van der Waals surface area contributed by atoms with E-state index in [-0.39, 0.29) is 12.5 Å². The molecular formula is C9H18BrNO2. The van der Waals surface area contributed by atoms with Crippen molar-refractivity contribution in [2.45, 2.75) is 31.5 Å². The van der Waals surface area contributed by atoms with Crippen LogP contribution in [0.2, 0.25) is 0 Å². The fourth-order valence-corrected chi connectivity index (χ4v) is 1.05. The quantitative estimate of drug-likeness (QED) is 0.700. The lowest BCUT2D eigenvalue weighted by molar-refractivity contribution is -0.125. The molecule has 1 atom stereocenters. The van der Waals surface area contributed by atoms with Crippen LogP contribution in [-0.2, 0) is 9.53 Å². The van der Waals surface area contributed by atoms with E-state index in [9.17, 15) is 4.79 Å². The van der Waals surface area contributed by atoms with E-state index >= 15 is 0 Å². The van der Waals surface area contributed by atoms with E-state index in [4.69, 9.17) is 4.74 Å². The molecule has 0 aromatic carbocycles. The van der Waals surface area contributed by atoms with Gasteiger partial charge in [-0.2, -0.15) is 0 Å². The Labute approximate surface area is 88.4 Å². The van der Waals surface area contributed by atoms with Gasteiger partial charge in [0.15, 0.2) is 0 Å². The topological polar surface area (TPSA) is 38.3 Å². The van der Waals surface area contributed by atoms with E-state index in [1.165, 1.54) is 0 Å². The highest BCUT2D eigenvalue weighted by molar-refractivity contribution is 9.09. The molecule has 4 heteroatoms. The van der Waals surface area contributed by atoms with Gasteiger partial charge < -0.3 is 10.1 Å². The van der Waals surface area contributed by atoms with E-state index in [0.29, 0.717) is 11.4 Å². The second-order valence-electron chi connectivity index (χ2n) is 2.78. The number of ether oxygens (including phenoxy) is 1. The minimum atomic E-state index is -0.0300. The van der Waals surface area contributed by atoms with Crippen LogP contribution in [0.4, 0.5) is 0 Å². The summed E-state index contributed by atoms with van der Waals surface area (Å²) in [7, 11) is 0. The Morgan fingerprint density at radius 2 is 2.23 bits per heavy atom. The summed E-state index contributed by atoms with van der Waals surface area (Å²) in [5.41, 5.74) is 0. The number of rotatable bonds is 7. The lowest BCUT2D eigenvalue weighted by Crippen LogP contribution is -2.29. The fraction of sp³-hybridized carbons (Fsp3) is 0.889. The van der Waals surface area contributed by atoms with Crippen LogP contribution in [0.3, 0.4) is 0 Å². The molecule has 0 saturated heterocycles. The average Bonchev–Trinajstić information content (AvgIpc) is 2.14. The molecule has 1 unspecified atom stereocenters. The van der Waals surface area contributed by atoms with Crippen LogP contribution in [0.1, 0.15) is 26.7 Å². The third kappa shape index (κ3) is 8.25. The van der Waals surface area contributed by atoms with E-state index in [1.54, 1.807) is 0 Å². The largest absolute Gasteiger partial charge is 0.372 e. The molecule has 0 heterocycles. The van der Waals surface area contributed by atoms with Crippen molar-refractivity contribution >= 4 is 21.8 Å². The monoisotopic (exact) mass is 251 g/mol. The van der Waals surface area contributed by atoms with Crippen LogP contribution in [0.5, 0.6) is 0 Å². The highest BCUT2D eigenvalue weighted by Crippen LogP contribution is 2.07. The van der Waals surface area contributed by atoms with Crippen molar-refractivity contribution in [2.75, 3.05) is 19.8 Å². The molecule has 0 rings (SSSR count). The van der Waals surface area contributed by atoms with Crippen molar-refractivity contribution < 1.29 is 9.53 Å². The number of hydrogen-bond acceptors (Lipinski definition) is 2. The molecule has 78 valence electrons. The Morgan fingerprint density at radius 3 is 2.77 bits per heavy atom. The summed E-state index contributed by atoms with van der Waals surface area (Å²) in [6.07, 6.45) is 2.05. The summed E-state index contributed by atoms with van der Waals surface area (Å²) in [4.78, 5) is 11.5. The maximum Gasteiger partial charge on any atom is 0.245 e. The number of halogens is 1. The van der Waals surface area contributed by atoms with Gasteiger partial charge >= 0.3 is 0 Å². The molecule has 1 amide bonds. The normalized spacial score (nSPS) is 12.5. The Balaban J connectivity index is 3.26. The summed E-state index contributed by atoms with van der Waals surface area (Å²) in [5.74, 6) is -0.0300. The van der Waals surface area contributed by atoms with Crippen molar-refractivity contribution in [2.24, 2.45) is 0 Å². The maximum absolute atomic E-state index is 11.0. The first-order chi connectivity index (χ1) is 6.20. The molecule has 0 aromatic heterocycles. The standard InChI is InChI=1S/C9H18BrNO2/c1-3-8(10)5-6-11-9(12)7-13-4-2/h8H,3-7H2,1-2H3,(H,11,12). The van der Waals surface area contributed by atoms with Gasteiger partial charge in [0, 0.05) is 18.0 Å². The number of carbonyl (C=O) groups is 1. The molecule has 0 fully saturated rings. The van der Waals surface area contributed by atoms with E-state index in [0.717, 1.165) is 19.4 Å². The Morgan fingerprint density at radius 1 is 1.54 bits per heavy atom. The smallest absolute Gasteiger partial charge is 0.245 e. The van der Waals surface area contributed by atoms with Crippen molar-refractivity contribution in [3.8, 4) is 0 Å². The summed E-state index contributed by atoms with van der Waals surface area (Å²) in [6, 6.07) is 0. The summed E-state index contributed by atoms with van der Waals surface area (Å²) in [5, 5.41) is 2.79. The molecule has 0 aliphatic rings. The highest BCUT2D eigenvalue weighted by atomic mass is 79.9. The van der Waals surface area contributed by atoms with E-state index < -0.39 is 0 Å². The molecule has 0 aromatic rings. The number of alkyl halides is 1. The van der Waals surface area contributed by atoms with Crippen LogP contribution in [0.15, 0.2) is 0 Å². The average molecular weight is 252 g/mol. The molecule has 0 saturated carbocycles. The molecule has 0 aliphatic heterocycles. The van der Waals surface area contributed by atoms with Crippen LogP contribution in [0, 0.1) is 0 Å². The number of hydrogen-bond donors (Lipinski definition) is 1. The van der Waals surface area contributed by atoms with Gasteiger partial charge in [-0.3, -0.25) is 4.79 Å². The van der Waals surface area contributed by atoms with Crippen molar-refractivity contribution in [1.29, 1.82) is 0 Å². The molecule has 1 N–H and O–H groups in total. The fourth-order valence-electron chi connectivity index (χ4n) is 0.818. The molecule has 13 heavy (non-hydrogen) atoms. The van der Waals surface area contributed by atoms with Gasteiger partial charge in [-0.1, -0.05) is 22.9 Å². The van der Waals surface area contributed by atoms with Gasteiger partial charge in [0.1, 0.15) is 6.61 Å². The first kappa shape index (κ1) is 12.9. The molecule has 0 bridgehead atoms. The zero-order valence-corrected chi connectivity index (χ0v) is 9.89. The third-order valence-electron chi connectivity index (χ3n) is 1.66. The van der Waals surface area contributed by atoms with Gasteiger partial charge in [-0.25, -0.2) is 0 Å². The van der Waals surface area contributed by atoms with Gasteiger partial charge in [0.05, 0.1) is 0 Å². The van der Waals surface area contributed by atoms with Gasteiger partial charge in [-0.15, -0.1) is 0 Å². The van der Waals surface area contributed by atoms with E-state index in [2.05, 4.69) is 28.2 Å². The Kier molecular flexibility index (Phi) is 8.45. The van der Waals surface area contributed by atoms with Crippen molar-refractivity contribution in [3.05, 3.63) is 0 Å². The summed E-state index contributed by atoms with van der Waals surface area (Å²) >= 11 is 3.50. The molecule has 0 spiro atoms. The number of carbonyl (C=O) groups excluding carboxylic acids is 1. The molecule has 0 radical (unpaired) electrons. The second-order valence-corrected chi connectivity index (χ2v) is 4.08. The zero-order valence-electron chi connectivity index (χ0n) is 8.31. The number of nitrogens with one attached hydrogen (secondary N) is 1.